The van der Waals surface area contributed by atoms with Gasteiger partial charge in [0.05, 0.1) is 25.9 Å². The Morgan fingerprint density at radius 2 is 2.24 bits per heavy atom. The summed E-state index contributed by atoms with van der Waals surface area (Å²) in [5, 5.41) is 8.74. The zero-order chi connectivity index (χ0) is 12.4. The number of hydrogen-bond acceptors (Lipinski definition) is 5. The molecule has 1 aromatic rings. The number of aliphatic hydroxyl groups excluding tert-OH is 1. The normalized spacial score (nSPS) is 20.7. The fraction of sp³-hybridized carbons (Fsp3) is 0.556. The molecule has 5 nitrogen and oxygen atoms in total. The summed E-state index contributed by atoms with van der Waals surface area (Å²) in [7, 11) is 0. The monoisotopic (exact) mass is 281 g/mol. The molecular formula is C9H10Cl2FN3O2. The molecule has 0 aromatic carbocycles. The number of nitrogens with zero attached hydrogens (tertiary/aromatic N) is 3. The molecule has 1 aliphatic heterocycles. The first-order valence-corrected chi connectivity index (χ1v) is 5.73. The van der Waals surface area contributed by atoms with Crippen LogP contribution in [0.5, 0.6) is 0 Å². The Kier molecular flexibility index (Phi) is 3.98. The first-order valence-electron chi connectivity index (χ1n) is 4.97. The number of aliphatic hydroxyl groups is 1. The van der Waals surface area contributed by atoms with Gasteiger partial charge in [-0.15, -0.1) is 0 Å². The molecule has 0 aliphatic carbocycles. The summed E-state index contributed by atoms with van der Waals surface area (Å²) >= 11 is 11.2. The predicted molar refractivity (Wildman–Crippen MR) is 61.0 cm³/mol. The quantitative estimate of drug-likeness (QED) is 0.650. The average Bonchev–Trinajstić information content (AvgIpc) is 2.33. The molecule has 0 amide bonds. The van der Waals surface area contributed by atoms with Crippen molar-refractivity contribution in [2.75, 3.05) is 31.3 Å². The smallest absolute Gasteiger partial charge is 0.225 e. The van der Waals surface area contributed by atoms with Gasteiger partial charge in [0.2, 0.25) is 11.1 Å². The molecule has 1 aromatic heterocycles. The number of aromatic nitrogens is 2. The number of ether oxygens (including phenoxy) is 1. The zero-order valence-electron chi connectivity index (χ0n) is 8.74. The van der Waals surface area contributed by atoms with Crippen LogP contribution in [0.4, 0.5) is 10.2 Å². The molecule has 1 N–H and O–H groups in total. The molecule has 1 saturated heterocycles. The van der Waals surface area contributed by atoms with Gasteiger partial charge in [0.15, 0.2) is 11.0 Å². The highest BCUT2D eigenvalue weighted by Crippen LogP contribution is 2.26. The van der Waals surface area contributed by atoms with Crippen molar-refractivity contribution in [1.29, 1.82) is 0 Å². The van der Waals surface area contributed by atoms with Crippen LogP contribution in [0.15, 0.2) is 0 Å². The molecule has 0 bridgehead atoms. The Hall–Kier alpha value is -0.690. The maximum atomic E-state index is 13.8. The Labute approximate surface area is 107 Å². The molecular weight excluding hydrogens is 272 g/mol. The highest BCUT2D eigenvalue weighted by Gasteiger charge is 2.27. The lowest BCUT2D eigenvalue weighted by Gasteiger charge is -2.35. The largest absolute Gasteiger partial charge is 0.394 e. The van der Waals surface area contributed by atoms with Crippen molar-refractivity contribution >= 4 is 29.0 Å². The second kappa shape index (κ2) is 5.30. The fourth-order valence-electron chi connectivity index (χ4n) is 1.66. The maximum absolute atomic E-state index is 13.8. The van der Waals surface area contributed by atoms with Gasteiger partial charge in [0.25, 0.3) is 0 Å². The van der Waals surface area contributed by atoms with E-state index in [4.69, 9.17) is 27.9 Å². The highest BCUT2D eigenvalue weighted by atomic mass is 35.5. The number of anilines is 1. The second-order valence-electron chi connectivity index (χ2n) is 3.53. The van der Waals surface area contributed by atoms with Crippen LogP contribution in [0, 0.1) is 5.82 Å². The summed E-state index contributed by atoms with van der Waals surface area (Å²) in [5.74, 6) is -0.742. The lowest BCUT2D eigenvalue weighted by molar-refractivity contribution is 0.0719. The number of hydrogen-bond donors (Lipinski definition) is 1. The fourth-order valence-corrected chi connectivity index (χ4v) is 2.03. The number of halogens is 3. The molecule has 1 atom stereocenters. The minimum absolute atomic E-state index is 0.00245. The molecule has 1 aliphatic rings. The van der Waals surface area contributed by atoms with Gasteiger partial charge in [-0.25, -0.2) is 4.98 Å². The molecule has 0 spiro atoms. The van der Waals surface area contributed by atoms with E-state index in [1.807, 2.05) is 0 Å². The zero-order valence-corrected chi connectivity index (χ0v) is 10.2. The van der Waals surface area contributed by atoms with Crippen LogP contribution in [0.2, 0.25) is 10.4 Å². The molecule has 8 heteroatoms. The van der Waals surface area contributed by atoms with Crippen molar-refractivity contribution < 1.29 is 14.2 Å². The molecule has 2 rings (SSSR count). The van der Waals surface area contributed by atoms with Crippen molar-refractivity contribution in [2.24, 2.45) is 0 Å². The van der Waals surface area contributed by atoms with Gasteiger partial charge in [-0.05, 0) is 11.6 Å². The summed E-state index contributed by atoms with van der Waals surface area (Å²) in [6.45, 7) is 0.967. The Balaban J connectivity index is 2.37. The molecule has 17 heavy (non-hydrogen) atoms. The minimum atomic E-state index is -0.739. The molecule has 1 fully saturated rings. The second-order valence-corrected chi connectivity index (χ2v) is 4.22. The molecule has 0 saturated carbocycles. The summed E-state index contributed by atoms with van der Waals surface area (Å²) in [6.07, 6.45) is 0. The van der Waals surface area contributed by atoms with Crippen LogP contribution < -0.4 is 4.90 Å². The van der Waals surface area contributed by atoms with Crippen LogP contribution in [0.1, 0.15) is 0 Å². The number of morpholine rings is 1. The van der Waals surface area contributed by atoms with E-state index in [-0.39, 0.29) is 28.9 Å². The first kappa shape index (κ1) is 12.8. The summed E-state index contributed by atoms with van der Waals surface area (Å²) in [6, 6.07) is -0.361. The van der Waals surface area contributed by atoms with Crippen LogP contribution >= 0.6 is 23.2 Å². The third-order valence-corrected chi connectivity index (χ3v) is 2.90. The lowest BCUT2D eigenvalue weighted by Crippen LogP contribution is -2.48. The van der Waals surface area contributed by atoms with E-state index < -0.39 is 5.82 Å². The van der Waals surface area contributed by atoms with Gasteiger partial charge < -0.3 is 14.7 Å². The van der Waals surface area contributed by atoms with Crippen molar-refractivity contribution in [1.82, 2.24) is 9.97 Å². The van der Waals surface area contributed by atoms with E-state index in [0.717, 1.165) is 0 Å². The Morgan fingerprint density at radius 3 is 2.94 bits per heavy atom. The SMILES string of the molecule is OCC1COCCN1c1nc(Cl)nc(Cl)c1F. The van der Waals surface area contributed by atoms with Crippen molar-refractivity contribution in [2.45, 2.75) is 6.04 Å². The topological polar surface area (TPSA) is 58.5 Å². The van der Waals surface area contributed by atoms with Gasteiger partial charge >= 0.3 is 0 Å². The molecule has 0 radical (unpaired) electrons. The third-order valence-electron chi connectivity index (χ3n) is 2.48. The van der Waals surface area contributed by atoms with Gasteiger partial charge in [0.1, 0.15) is 0 Å². The number of rotatable bonds is 2. The lowest BCUT2D eigenvalue weighted by atomic mass is 10.2. The first-order chi connectivity index (χ1) is 8.13. The van der Waals surface area contributed by atoms with Crippen molar-refractivity contribution in [3.63, 3.8) is 0 Å². The van der Waals surface area contributed by atoms with Crippen LogP contribution in [0.3, 0.4) is 0 Å². The van der Waals surface area contributed by atoms with Crippen LogP contribution in [0.25, 0.3) is 0 Å². The Bertz CT molecular complexity index is 421. The van der Waals surface area contributed by atoms with E-state index in [9.17, 15) is 9.50 Å². The van der Waals surface area contributed by atoms with Crippen molar-refractivity contribution in [3.05, 3.63) is 16.3 Å². The van der Waals surface area contributed by atoms with Crippen LogP contribution in [-0.4, -0.2) is 47.5 Å². The highest BCUT2D eigenvalue weighted by molar-refractivity contribution is 6.32. The third kappa shape index (κ3) is 2.60. The van der Waals surface area contributed by atoms with Gasteiger partial charge in [0, 0.05) is 6.54 Å². The van der Waals surface area contributed by atoms with E-state index in [1.54, 1.807) is 4.90 Å². The van der Waals surface area contributed by atoms with Gasteiger partial charge in [-0.2, -0.15) is 9.37 Å². The van der Waals surface area contributed by atoms with E-state index in [0.29, 0.717) is 19.8 Å². The maximum Gasteiger partial charge on any atom is 0.225 e. The molecule has 94 valence electrons. The van der Waals surface area contributed by atoms with Gasteiger partial charge in [-0.3, -0.25) is 0 Å². The van der Waals surface area contributed by atoms with E-state index in [1.165, 1.54) is 0 Å². The minimum Gasteiger partial charge on any atom is -0.394 e. The van der Waals surface area contributed by atoms with Crippen molar-refractivity contribution in [3.8, 4) is 0 Å². The van der Waals surface area contributed by atoms with E-state index >= 15 is 0 Å². The predicted octanol–water partition coefficient (Wildman–Crippen LogP) is 1.12. The average molecular weight is 282 g/mol. The molecule has 2 heterocycles. The summed E-state index contributed by atoms with van der Waals surface area (Å²) in [5.41, 5.74) is 0. The summed E-state index contributed by atoms with van der Waals surface area (Å²) < 4.78 is 19.0. The standard InChI is InChI=1S/C9H10Cl2FN3O2/c10-7-6(12)8(14-9(11)13-7)15-1-2-17-4-5(15)3-16/h5,16H,1-4H2. The van der Waals surface area contributed by atoms with Crippen LogP contribution in [-0.2, 0) is 4.74 Å². The molecule has 1 unspecified atom stereocenters. The Morgan fingerprint density at radius 1 is 1.47 bits per heavy atom. The van der Waals surface area contributed by atoms with Gasteiger partial charge in [-0.1, -0.05) is 11.6 Å². The van der Waals surface area contributed by atoms with E-state index in [2.05, 4.69) is 9.97 Å². The summed E-state index contributed by atoms with van der Waals surface area (Å²) in [4.78, 5) is 8.90.